The molecule has 12 heteroatoms. The molecule has 8 nitrogen and oxygen atoms in total. The van der Waals surface area contributed by atoms with E-state index < -0.39 is 11.9 Å². The van der Waals surface area contributed by atoms with Gasteiger partial charge in [0.25, 0.3) is 11.5 Å². The van der Waals surface area contributed by atoms with Gasteiger partial charge in [0, 0.05) is 45.2 Å². The number of rotatable bonds is 7. The van der Waals surface area contributed by atoms with Crippen molar-refractivity contribution in [3.05, 3.63) is 73.4 Å². The minimum absolute atomic E-state index is 0.0853. The highest BCUT2D eigenvalue weighted by atomic mass is 35.5. The molecule has 1 saturated heterocycles. The number of carboxylic acid groups (broad SMARTS) is 1. The molecule has 44 heavy (non-hydrogen) atoms. The van der Waals surface area contributed by atoms with Gasteiger partial charge >= 0.3 is 5.97 Å². The van der Waals surface area contributed by atoms with Gasteiger partial charge in [-0.15, -0.1) is 11.3 Å². The fourth-order valence-electron chi connectivity index (χ4n) is 6.42. The van der Waals surface area contributed by atoms with E-state index in [1.54, 1.807) is 42.0 Å². The summed E-state index contributed by atoms with van der Waals surface area (Å²) < 4.78 is 37.3. The summed E-state index contributed by atoms with van der Waals surface area (Å²) >= 11 is 7.68. The first-order chi connectivity index (χ1) is 21.0. The van der Waals surface area contributed by atoms with E-state index >= 15 is 0 Å². The molecule has 1 aliphatic carbocycles. The van der Waals surface area contributed by atoms with E-state index in [0.717, 1.165) is 17.7 Å². The third kappa shape index (κ3) is 6.09. The molecule has 0 amide bonds. The van der Waals surface area contributed by atoms with Crippen molar-refractivity contribution in [2.45, 2.75) is 70.9 Å². The van der Waals surface area contributed by atoms with Crippen LogP contribution in [0.3, 0.4) is 0 Å². The van der Waals surface area contributed by atoms with E-state index in [9.17, 15) is 23.5 Å². The van der Waals surface area contributed by atoms with Gasteiger partial charge in [-0.1, -0.05) is 11.6 Å². The number of hydrogen-bond donors (Lipinski definition) is 1. The van der Waals surface area contributed by atoms with Gasteiger partial charge in [0.05, 0.1) is 34.6 Å². The number of alkyl halides is 2. The zero-order chi connectivity index (χ0) is 31.2. The van der Waals surface area contributed by atoms with Gasteiger partial charge in [-0.25, -0.2) is 18.6 Å². The minimum atomic E-state index is -2.71. The highest BCUT2D eigenvalue weighted by molar-refractivity contribution is 7.18. The summed E-state index contributed by atoms with van der Waals surface area (Å²) in [6, 6.07) is 7.02. The molecular weight excluding hydrogens is 610 g/mol. The Morgan fingerprint density at radius 1 is 1.20 bits per heavy atom. The number of aromatic carboxylic acids is 1. The zero-order valence-electron chi connectivity index (χ0n) is 24.5. The van der Waals surface area contributed by atoms with Crippen LogP contribution in [0.15, 0.2) is 34.4 Å². The predicted octanol–water partition coefficient (Wildman–Crippen LogP) is 6.55. The van der Waals surface area contributed by atoms with Gasteiger partial charge in [0.15, 0.2) is 0 Å². The lowest BCUT2D eigenvalue weighted by atomic mass is 9.91. The summed E-state index contributed by atoms with van der Waals surface area (Å²) in [7, 11) is 0. The fraction of sp³-hybridized carbons (Fsp3) is 0.438. The molecule has 3 aromatic heterocycles. The quantitative estimate of drug-likeness (QED) is 0.244. The van der Waals surface area contributed by atoms with Crippen molar-refractivity contribution in [3.63, 3.8) is 0 Å². The third-order valence-corrected chi connectivity index (χ3v) is 9.80. The maximum Gasteiger partial charge on any atom is 0.338 e. The molecule has 1 fully saturated rings. The average Bonchev–Trinajstić information content (AvgIpc) is 3.31. The summed E-state index contributed by atoms with van der Waals surface area (Å²) in [4.78, 5) is 36.5. The number of nitrogens with zero attached hydrogens (tertiary/aromatic N) is 4. The molecule has 1 N–H and O–H groups in total. The van der Waals surface area contributed by atoms with Crippen LogP contribution in [0.25, 0.3) is 21.3 Å². The Bertz CT molecular complexity index is 1810. The Hall–Kier alpha value is -3.41. The summed E-state index contributed by atoms with van der Waals surface area (Å²) in [6.07, 6.45) is 2.88. The second kappa shape index (κ2) is 12.2. The van der Waals surface area contributed by atoms with Crippen LogP contribution in [0.5, 0.6) is 5.75 Å². The van der Waals surface area contributed by atoms with Gasteiger partial charge < -0.3 is 9.84 Å². The predicted molar refractivity (Wildman–Crippen MR) is 167 cm³/mol. The Balaban J connectivity index is 1.24. The van der Waals surface area contributed by atoms with Gasteiger partial charge in [-0.3, -0.25) is 19.2 Å². The van der Waals surface area contributed by atoms with E-state index in [0.29, 0.717) is 75.9 Å². The van der Waals surface area contributed by atoms with Crippen molar-refractivity contribution in [1.82, 2.24) is 19.4 Å². The molecule has 0 radical (unpaired) electrons. The molecule has 6 rings (SSSR count). The highest BCUT2D eigenvalue weighted by Gasteiger charge is 2.37. The number of carboxylic acids is 1. The summed E-state index contributed by atoms with van der Waals surface area (Å²) in [5.74, 6) is -2.63. The van der Waals surface area contributed by atoms with Gasteiger partial charge in [0.2, 0.25) is 0 Å². The van der Waals surface area contributed by atoms with Crippen LogP contribution in [-0.2, 0) is 19.4 Å². The molecule has 1 aliphatic heterocycles. The topological polar surface area (TPSA) is 97.6 Å². The Labute approximate surface area is 262 Å². The maximum atomic E-state index is 14.4. The molecule has 4 aromatic rings. The number of ether oxygens (including phenoxy) is 1. The number of fused-ring (bicyclic) bond motifs is 2. The van der Waals surface area contributed by atoms with E-state index in [1.807, 2.05) is 11.0 Å². The first-order valence-corrected chi connectivity index (χ1v) is 16.0. The molecule has 1 atom stereocenters. The van der Waals surface area contributed by atoms with Gasteiger partial charge in [0.1, 0.15) is 18.2 Å². The fourth-order valence-corrected chi connectivity index (χ4v) is 7.61. The molecular formula is C32H33ClF2N4O4S. The van der Waals surface area contributed by atoms with Crippen LogP contribution in [0.4, 0.5) is 8.78 Å². The lowest BCUT2D eigenvalue weighted by molar-refractivity contribution is -0.0396. The number of hydrogen-bond acceptors (Lipinski definition) is 7. The second-order valence-electron chi connectivity index (χ2n) is 11.7. The summed E-state index contributed by atoms with van der Waals surface area (Å²) in [6.45, 7) is 4.36. The van der Waals surface area contributed by atoms with Crippen molar-refractivity contribution in [2.24, 2.45) is 0 Å². The van der Waals surface area contributed by atoms with E-state index in [4.69, 9.17) is 21.3 Å². The molecule has 0 bridgehead atoms. The second-order valence-corrected chi connectivity index (χ2v) is 13.0. The molecule has 2 aliphatic rings. The first-order valence-electron chi connectivity index (χ1n) is 14.8. The number of thiophene rings is 1. The van der Waals surface area contributed by atoms with Crippen LogP contribution in [-0.4, -0.2) is 62.2 Å². The minimum Gasteiger partial charge on any atom is -0.491 e. The number of aryl methyl sites for hydroxylation is 3. The number of likely N-dealkylation sites (tertiary alicyclic amines) is 1. The van der Waals surface area contributed by atoms with Crippen LogP contribution >= 0.6 is 22.9 Å². The number of pyridine rings is 1. The normalized spacial score (nSPS) is 18.6. The monoisotopic (exact) mass is 642 g/mol. The number of halogens is 3. The largest absolute Gasteiger partial charge is 0.491 e. The number of carbonyl (C=O) groups is 1. The highest BCUT2D eigenvalue weighted by Crippen LogP contribution is 2.40. The average molecular weight is 643 g/mol. The van der Waals surface area contributed by atoms with E-state index in [2.05, 4.69) is 4.98 Å². The van der Waals surface area contributed by atoms with E-state index in [1.165, 1.54) is 11.3 Å². The number of benzene rings is 1. The third-order valence-electron chi connectivity index (χ3n) is 8.57. The Morgan fingerprint density at radius 3 is 2.82 bits per heavy atom. The van der Waals surface area contributed by atoms with Crippen molar-refractivity contribution in [1.29, 1.82) is 0 Å². The summed E-state index contributed by atoms with van der Waals surface area (Å²) in [5.41, 5.74) is 3.88. The van der Waals surface area contributed by atoms with Crippen LogP contribution in [0.1, 0.15) is 58.8 Å². The van der Waals surface area contributed by atoms with Crippen LogP contribution in [0, 0.1) is 13.8 Å². The molecule has 4 heterocycles. The van der Waals surface area contributed by atoms with Gasteiger partial charge in [-0.2, -0.15) is 0 Å². The SMILES string of the molecule is Cc1cc(-c2cc(Cl)ccc2OCCn2c(C)nc3c(c2=O)C[C@@H](N2CCCCC(F)(F)C2)CC3)c2scc(C(=O)O)c2n1. The molecule has 0 saturated carbocycles. The lowest BCUT2D eigenvalue weighted by Gasteiger charge is -2.35. The standard InChI is InChI=1S/C32H33ClF2N4O4S/c1-18-13-23(29-28(36-18)25(16-44-29)31(41)42)22-14-20(33)5-8-27(22)43-12-11-39-19(2)37-26-7-6-21(15-24(26)30(39)40)38-10-4-3-9-32(34,35)17-38/h5,8,13-14,16,21H,3-4,6-7,9-12,15,17H2,1-2H3,(H,41,42)/t21-/m0/s1. The molecule has 1 aromatic carbocycles. The lowest BCUT2D eigenvalue weighted by Crippen LogP contribution is -2.46. The van der Waals surface area contributed by atoms with Crippen molar-refractivity contribution in [3.8, 4) is 16.9 Å². The molecule has 232 valence electrons. The Kier molecular flexibility index (Phi) is 8.47. The first kappa shape index (κ1) is 30.6. The zero-order valence-corrected chi connectivity index (χ0v) is 26.1. The molecule has 0 unspecified atom stereocenters. The van der Waals surface area contributed by atoms with Crippen molar-refractivity contribution < 1.29 is 23.4 Å². The Morgan fingerprint density at radius 2 is 2.02 bits per heavy atom. The molecule has 0 spiro atoms. The van der Waals surface area contributed by atoms with Crippen LogP contribution in [0.2, 0.25) is 5.02 Å². The van der Waals surface area contributed by atoms with E-state index in [-0.39, 0.29) is 43.3 Å². The summed E-state index contributed by atoms with van der Waals surface area (Å²) in [5, 5.41) is 11.7. The van der Waals surface area contributed by atoms with Crippen LogP contribution < -0.4 is 10.3 Å². The van der Waals surface area contributed by atoms with Gasteiger partial charge in [-0.05, 0) is 76.8 Å². The maximum absolute atomic E-state index is 14.4. The number of aromatic nitrogens is 3. The van der Waals surface area contributed by atoms with Crippen molar-refractivity contribution >= 4 is 39.1 Å². The smallest absolute Gasteiger partial charge is 0.338 e. The van der Waals surface area contributed by atoms with Crippen molar-refractivity contribution in [2.75, 3.05) is 19.7 Å².